The van der Waals surface area contributed by atoms with Gasteiger partial charge in [0.15, 0.2) is 0 Å². The number of carbonyl (C=O) groups excluding carboxylic acids is 3. The van der Waals surface area contributed by atoms with Gasteiger partial charge in [-0.3, -0.25) is 13.8 Å². The fourth-order valence-electron chi connectivity index (χ4n) is 4.07. The summed E-state index contributed by atoms with van der Waals surface area (Å²) < 4.78 is 18.8. The molecule has 0 radical (unpaired) electrons. The molecule has 0 bridgehead atoms. The number of benzene rings is 1. The number of ether oxygens (including phenoxy) is 1. The molecule has 0 N–H and O–H groups in total. The molecule has 0 aliphatic carbocycles. The maximum absolute atomic E-state index is 13.1. The van der Waals surface area contributed by atoms with Crippen LogP contribution in [0.15, 0.2) is 29.3 Å². The lowest BCUT2D eigenvalue weighted by molar-refractivity contribution is -0.133. The van der Waals surface area contributed by atoms with E-state index >= 15 is 0 Å². The molecular formula is C23H29ClN4O5S. The van der Waals surface area contributed by atoms with Crippen molar-refractivity contribution in [2.45, 2.75) is 44.3 Å². The summed E-state index contributed by atoms with van der Waals surface area (Å²) >= 11 is 5.92. The molecule has 0 spiro atoms. The van der Waals surface area contributed by atoms with Crippen LogP contribution in [0, 0.1) is 6.92 Å². The number of carbonyl (C=O) groups is 3. The Kier molecular flexibility index (Phi) is 8.48. The molecule has 2 amide bonds. The minimum Gasteiger partial charge on any atom is -0.462 e. The van der Waals surface area contributed by atoms with Crippen LogP contribution in [0.1, 0.15) is 46.2 Å². The Bertz CT molecular complexity index is 1100. The Balaban J connectivity index is 1.73. The third-order valence-electron chi connectivity index (χ3n) is 5.83. The van der Waals surface area contributed by atoms with Crippen LogP contribution in [0.25, 0.3) is 0 Å². The third kappa shape index (κ3) is 5.67. The van der Waals surface area contributed by atoms with Crippen LogP contribution in [0.5, 0.6) is 0 Å². The van der Waals surface area contributed by atoms with E-state index in [4.69, 9.17) is 16.3 Å². The molecule has 1 saturated heterocycles. The Morgan fingerprint density at radius 3 is 2.56 bits per heavy atom. The van der Waals surface area contributed by atoms with Gasteiger partial charge < -0.3 is 14.5 Å². The highest BCUT2D eigenvalue weighted by molar-refractivity contribution is 7.84. The SMILES string of the molecule is CCOC(=O)c1c(C)nn(CC(=O)N(C)[C@H]2CCCN(C(=O)c3ccc(Cl)cc3)C2)c1S(C)=O. The number of likely N-dealkylation sites (tertiary alicyclic amines) is 1. The zero-order valence-corrected chi connectivity index (χ0v) is 21.3. The van der Waals surface area contributed by atoms with Gasteiger partial charge in [0, 0.05) is 43.0 Å². The van der Waals surface area contributed by atoms with Gasteiger partial charge in [-0.1, -0.05) is 11.6 Å². The van der Waals surface area contributed by atoms with Gasteiger partial charge in [0.2, 0.25) is 5.91 Å². The minimum atomic E-state index is -1.56. The second kappa shape index (κ2) is 11.1. The van der Waals surface area contributed by atoms with Crippen LogP contribution in [-0.2, 0) is 26.9 Å². The third-order valence-corrected chi connectivity index (χ3v) is 7.05. The molecule has 2 aromatic rings. The van der Waals surface area contributed by atoms with Crippen LogP contribution < -0.4 is 0 Å². The van der Waals surface area contributed by atoms with Crippen LogP contribution >= 0.6 is 11.6 Å². The monoisotopic (exact) mass is 508 g/mol. The van der Waals surface area contributed by atoms with Gasteiger partial charge in [-0.2, -0.15) is 5.10 Å². The number of aromatic nitrogens is 2. The highest BCUT2D eigenvalue weighted by Gasteiger charge is 2.31. The molecule has 11 heteroatoms. The molecular weight excluding hydrogens is 480 g/mol. The lowest BCUT2D eigenvalue weighted by Crippen LogP contribution is -2.51. The first kappa shape index (κ1) is 25.9. The number of amides is 2. The average molecular weight is 509 g/mol. The predicted octanol–water partition coefficient (Wildman–Crippen LogP) is 2.52. The molecule has 184 valence electrons. The Morgan fingerprint density at radius 1 is 1.26 bits per heavy atom. The Hall–Kier alpha value is -2.72. The van der Waals surface area contributed by atoms with Crippen molar-refractivity contribution in [2.75, 3.05) is 33.0 Å². The highest BCUT2D eigenvalue weighted by atomic mass is 35.5. The first-order valence-corrected chi connectivity index (χ1v) is 13.0. The van der Waals surface area contributed by atoms with Gasteiger partial charge in [-0.25, -0.2) is 9.48 Å². The van der Waals surface area contributed by atoms with Crippen molar-refractivity contribution in [2.24, 2.45) is 0 Å². The second-order valence-electron chi connectivity index (χ2n) is 8.16. The second-order valence-corrected chi connectivity index (χ2v) is 9.89. The maximum Gasteiger partial charge on any atom is 0.342 e. The topological polar surface area (TPSA) is 102 Å². The first-order chi connectivity index (χ1) is 16.1. The Morgan fingerprint density at radius 2 is 1.94 bits per heavy atom. The molecule has 1 fully saturated rings. The predicted molar refractivity (Wildman–Crippen MR) is 128 cm³/mol. The summed E-state index contributed by atoms with van der Waals surface area (Å²) in [6.45, 7) is 4.32. The number of aryl methyl sites for hydroxylation is 1. The van der Waals surface area contributed by atoms with E-state index in [0.717, 1.165) is 12.8 Å². The summed E-state index contributed by atoms with van der Waals surface area (Å²) in [6, 6.07) is 6.57. The number of hydrogen-bond acceptors (Lipinski definition) is 6. The molecule has 1 aliphatic heterocycles. The van der Waals surface area contributed by atoms with Gasteiger partial charge >= 0.3 is 5.97 Å². The van der Waals surface area contributed by atoms with E-state index in [2.05, 4.69) is 5.10 Å². The van der Waals surface area contributed by atoms with E-state index in [9.17, 15) is 18.6 Å². The van der Waals surface area contributed by atoms with E-state index in [1.54, 1.807) is 55.0 Å². The standard InChI is InChI=1S/C23H29ClN4O5S/c1-5-33-23(31)20-15(2)25-28(22(20)34(4)32)14-19(29)26(3)18-7-6-12-27(13-18)21(30)16-8-10-17(24)11-9-16/h8-11,18H,5-7,12-14H2,1-4H3/t18-,34?/m0/s1. The maximum atomic E-state index is 13.1. The lowest BCUT2D eigenvalue weighted by atomic mass is 10.0. The molecule has 1 aromatic carbocycles. The summed E-state index contributed by atoms with van der Waals surface area (Å²) in [4.78, 5) is 41.7. The lowest BCUT2D eigenvalue weighted by Gasteiger charge is -2.37. The number of esters is 1. The minimum absolute atomic E-state index is 0.104. The number of rotatable bonds is 7. The zero-order chi connectivity index (χ0) is 25.0. The quantitative estimate of drug-likeness (QED) is 0.532. The van der Waals surface area contributed by atoms with Crippen molar-refractivity contribution in [1.29, 1.82) is 0 Å². The molecule has 0 saturated carbocycles. The molecule has 2 atom stereocenters. The fourth-order valence-corrected chi connectivity index (χ4v) is 5.12. The summed E-state index contributed by atoms with van der Waals surface area (Å²) in [5, 5.41) is 5.02. The van der Waals surface area contributed by atoms with Crippen molar-refractivity contribution in [3.63, 3.8) is 0 Å². The molecule has 2 heterocycles. The van der Waals surface area contributed by atoms with Gasteiger partial charge in [-0.05, 0) is 51.0 Å². The van der Waals surface area contributed by atoms with Crippen molar-refractivity contribution in [1.82, 2.24) is 19.6 Å². The largest absolute Gasteiger partial charge is 0.462 e. The van der Waals surface area contributed by atoms with E-state index in [0.29, 0.717) is 29.4 Å². The summed E-state index contributed by atoms with van der Waals surface area (Å²) in [7, 11) is 0.131. The van der Waals surface area contributed by atoms with E-state index in [1.165, 1.54) is 10.9 Å². The van der Waals surface area contributed by atoms with Crippen LogP contribution in [0.2, 0.25) is 5.02 Å². The van der Waals surface area contributed by atoms with Crippen molar-refractivity contribution in [3.8, 4) is 0 Å². The fraction of sp³-hybridized carbons (Fsp3) is 0.478. The number of hydrogen-bond donors (Lipinski definition) is 0. The molecule has 34 heavy (non-hydrogen) atoms. The molecule has 9 nitrogen and oxygen atoms in total. The van der Waals surface area contributed by atoms with E-state index in [1.807, 2.05) is 0 Å². The summed E-state index contributed by atoms with van der Waals surface area (Å²) in [5.41, 5.74) is 1.04. The zero-order valence-electron chi connectivity index (χ0n) is 19.7. The van der Waals surface area contributed by atoms with Crippen LogP contribution in [0.3, 0.4) is 0 Å². The average Bonchev–Trinajstić information content (AvgIpc) is 3.14. The molecule has 3 rings (SSSR count). The first-order valence-electron chi connectivity index (χ1n) is 11.0. The number of nitrogens with zero attached hydrogens (tertiary/aromatic N) is 4. The number of likely N-dealkylation sites (N-methyl/N-ethyl adjacent to an activating group) is 1. The van der Waals surface area contributed by atoms with Gasteiger partial charge in [-0.15, -0.1) is 0 Å². The van der Waals surface area contributed by atoms with Gasteiger partial charge in [0.25, 0.3) is 5.91 Å². The van der Waals surface area contributed by atoms with E-state index in [-0.39, 0.29) is 41.6 Å². The van der Waals surface area contributed by atoms with Crippen molar-refractivity contribution >= 4 is 40.2 Å². The van der Waals surface area contributed by atoms with Gasteiger partial charge in [0.1, 0.15) is 17.1 Å². The Labute approximate surface area is 206 Å². The molecule has 1 aliphatic rings. The molecule has 1 unspecified atom stereocenters. The number of piperidine rings is 1. The summed E-state index contributed by atoms with van der Waals surface area (Å²) in [5.74, 6) is -0.969. The van der Waals surface area contributed by atoms with Crippen molar-refractivity contribution in [3.05, 3.63) is 46.1 Å². The van der Waals surface area contributed by atoms with Crippen LogP contribution in [-0.4, -0.2) is 80.6 Å². The highest BCUT2D eigenvalue weighted by Crippen LogP contribution is 2.21. The van der Waals surface area contributed by atoms with Crippen LogP contribution in [0.4, 0.5) is 0 Å². The smallest absolute Gasteiger partial charge is 0.342 e. The summed E-state index contributed by atoms with van der Waals surface area (Å²) in [6.07, 6.45) is 2.95. The molecule has 1 aromatic heterocycles. The van der Waals surface area contributed by atoms with Gasteiger partial charge in [0.05, 0.1) is 23.1 Å². The normalized spacial score (nSPS) is 16.7. The number of halogens is 1. The van der Waals surface area contributed by atoms with E-state index < -0.39 is 16.8 Å². The van der Waals surface area contributed by atoms with Crippen molar-refractivity contribution < 1.29 is 23.3 Å².